The zero-order valence-electron chi connectivity index (χ0n) is 8.14. The highest BCUT2D eigenvalue weighted by Gasteiger charge is 2.16. The Morgan fingerprint density at radius 1 is 1.40 bits per heavy atom. The summed E-state index contributed by atoms with van der Waals surface area (Å²) < 4.78 is 13.5. The van der Waals surface area contributed by atoms with Crippen molar-refractivity contribution in [2.45, 2.75) is 6.04 Å². The van der Waals surface area contributed by atoms with E-state index in [1.165, 1.54) is 17.5 Å². The lowest BCUT2D eigenvalue weighted by Gasteiger charge is -2.14. The lowest BCUT2D eigenvalue weighted by atomic mass is 10.1. The second-order valence-electron chi connectivity index (χ2n) is 3.02. The predicted octanol–water partition coefficient (Wildman–Crippen LogP) is 1.99. The van der Waals surface area contributed by atoms with Crippen LogP contribution in [0.5, 0.6) is 0 Å². The monoisotopic (exact) mass is 223 g/mol. The van der Waals surface area contributed by atoms with E-state index in [1.807, 2.05) is 0 Å². The van der Waals surface area contributed by atoms with Crippen molar-refractivity contribution >= 4 is 11.3 Å². The van der Waals surface area contributed by atoms with Gasteiger partial charge < -0.3 is 5.32 Å². The Labute approximate surface area is 91.0 Å². The van der Waals surface area contributed by atoms with Crippen molar-refractivity contribution in [3.63, 3.8) is 0 Å². The third kappa shape index (κ3) is 2.03. The molecule has 0 radical (unpaired) electrons. The highest BCUT2D eigenvalue weighted by Crippen LogP contribution is 2.25. The summed E-state index contributed by atoms with van der Waals surface area (Å²) in [5.74, 6) is -0.301. The zero-order chi connectivity index (χ0) is 10.7. The molecule has 0 saturated carbocycles. The molecule has 2 aromatic rings. The molecule has 0 fully saturated rings. The molecular weight excluding hydrogens is 213 g/mol. The Morgan fingerprint density at radius 2 is 2.27 bits per heavy atom. The van der Waals surface area contributed by atoms with Crippen molar-refractivity contribution in [1.82, 2.24) is 15.3 Å². The second kappa shape index (κ2) is 4.46. The summed E-state index contributed by atoms with van der Waals surface area (Å²) >= 11 is 1.50. The molecule has 78 valence electrons. The maximum atomic E-state index is 13.5. The zero-order valence-corrected chi connectivity index (χ0v) is 8.96. The number of rotatable bonds is 3. The molecule has 2 aromatic heterocycles. The van der Waals surface area contributed by atoms with Crippen molar-refractivity contribution < 1.29 is 4.39 Å². The van der Waals surface area contributed by atoms with Crippen molar-refractivity contribution in [2.24, 2.45) is 0 Å². The molecule has 2 rings (SSSR count). The van der Waals surface area contributed by atoms with Crippen LogP contribution in [0.3, 0.4) is 0 Å². The van der Waals surface area contributed by atoms with Gasteiger partial charge in [0.2, 0.25) is 0 Å². The molecule has 0 aliphatic heterocycles. The van der Waals surface area contributed by atoms with Crippen LogP contribution in [0.1, 0.15) is 16.5 Å². The number of nitrogens with zero attached hydrogens (tertiary/aromatic N) is 2. The Balaban J connectivity index is 2.40. The molecule has 5 heteroatoms. The van der Waals surface area contributed by atoms with Gasteiger partial charge in [0.15, 0.2) is 0 Å². The van der Waals surface area contributed by atoms with Crippen molar-refractivity contribution in [2.75, 3.05) is 7.05 Å². The quantitative estimate of drug-likeness (QED) is 0.864. The smallest absolute Gasteiger partial charge is 0.146 e. The first-order valence-electron chi connectivity index (χ1n) is 4.48. The molecule has 2 heterocycles. The van der Waals surface area contributed by atoms with Gasteiger partial charge in [-0.3, -0.25) is 9.97 Å². The third-order valence-electron chi connectivity index (χ3n) is 2.14. The van der Waals surface area contributed by atoms with Crippen LogP contribution in [-0.2, 0) is 0 Å². The van der Waals surface area contributed by atoms with E-state index < -0.39 is 0 Å². The molecule has 0 saturated heterocycles. The highest BCUT2D eigenvalue weighted by atomic mass is 32.1. The van der Waals surface area contributed by atoms with E-state index in [0.29, 0.717) is 5.56 Å². The normalized spacial score (nSPS) is 12.7. The number of nitrogens with one attached hydrogen (secondary N) is 1. The first-order valence-corrected chi connectivity index (χ1v) is 5.36. The van der Waals surface area contributed by atoms with E-state index in [0.717, 1.165) is 4.88 Å². The summed E-state index contributed by atoms with van der Waals surface area (Å²) in [5.41, 5.74) is 2.33. The maximum Gasteiger partial charge on any atom is 0.146 e. The lowest BCUT2D eigenvalue weighted by Crippen LogP contribution is -2.17. The molecule has 0 aromatic carbocycles. The van der Waals surface area contributed by atoms with E-state index in [-0.39, 0.29) is 11.9 Å². The van der Waals surface area contributed by atoms with Gasteiger partial charge in [0.25, 0.3) is 0 Å². The van der Waals surface area contributed by atoms with Gasteiger partial charge in [0, 0.05) is 22.8 Å². The molecular formula is C10H10FN3S. The topological polar surface area (TPSA) is 37.8 Å². The van der Waals surface area contributed by atoms with Crippen molar-refractivity contribution in [1.29, 1.82) is 0 Å². The molecule has 0 aliphatic rings. The van der Waals surface area contributed by atoms with Crippen LogP contribution in [0.2, 0.25) is 0 Å². The molecule has 0 spiro atoms. The first-order chi connectivity index (χ1) is 7.33. The van der Waals surface area contributed by atoms with Gasteiger partial charge in [-0.15, -0.1) is 11.3 Å². The summed E-state index contributed by atoms with van der Waals surface area (Å²) in [6.45, 7) is 0. The number of thiazole rings is 1. The summed E-state index contributed by atoms with van der Waals surface area (Å²) in [7, 11) is 1.80. The fraction of sp³-hybridized carbons (Fsp3) is 0.200. The summed E-state index contributed by atoms with van der Waals surface area (Å²) in [6.07, 6.45) is 4.55. The van der Waals surface area contributed by atoms with E-state index in [4.69, 9.17) is 0 Å². The number of halogens is 1. The average Bonchev–Trinajstić information content (AvgIpc) is 2.75. The molecule has 15 heavy (non-hydrogen) atoms. The standard InChI is InChI=1S/C10H10FN3S/c1-12-10(9-5-14-6-15-9)7-2-3-13-4-8(7)11/h2-6,10,12H,1H3. The summed E-state index contributed by atoms with van der Waals surface area (Å²) in [5, 5.41) is 3.06. The Morgan fingerprint density at radius 3 is 2.87 bits per heavy atom. The highest BCUT2D eigenvalue weighted by molar-refractivity contribution is 7.09. The Hall–Kier alpha value is -1.33. The number of aromatic nitrogens is 2. The fourth-order valence-electron chi connectivity index (χ4n) is 1.44. The lowest BCUT2D eigenvalue weighted by molar-refractivity contribution is 0.573. The Kier molecular flexibility index (Phi) is 3.03. The third-order valence-corrected chi connectivity index (χ3v) is 2.98. The number of pyridine rings is 1. The fourth-order valence-corrected chi connectivity index (χ4v) is 2.19. The van der Waals surface area contributed by atoms with E-state index in [9.17, 15) is 4.39 Å². The van der Waals surface area contributed by atoms with Crippen LogP contribution in [0, 0.1) is 5.82 Å². The Bertz CT molecular complexity index is 430. The van der Waals surface area contributed by atoms with Crippen LogP contribution in [0.4, 0.5) is 4.39 Å². The molecule has 1 atom stereocenters. The minimum absolute atomic E-state index is 0.152. The summed E-state index contributed by atoms with van der Waals surface area (Å²) in [4.78, 5) is 8.70. The number of hydrogen-bond acceptors (Lipinski definition) is 4. The molecule has 0 aliphatic carbocycles. The van der Waals surface area contributed by atoms with Crippen LogP contribution < -0.4 is 5.32 Å². The van der Waals surface area contributed by atoms with Crippen LogP contribution in [0.15, 0.2) is 30.2 Å². The first kappa shape index (κ1) is 10.2. The van der Waals surface area contributed by atoms with Gasteiger partial charge in [0.05, 0.1) is 17.7 Å². The molecule has 1 N–H and O–H groups in total. The SMILES string of the molecule is CNC(c1cncs1)c1ccncc1F. The average molecular weight is 223 g/mol. The van der Waals surface area contributed by atoms with Crippen molar-refractivity contribution in [3.8, 4) is 0 Å². The molecule has 0 amide bonds. The van der Waals surface area contributed by atoms with Crippen molar-refractivity contribution in [3.05, 3.63) is 46.4 Å². The van der Waals surface area contributed by atoms with Crippen LogP contribution >= 0.6 is 11.3 Å². The molecule has 1 unspecified atom stereocenters. The van der Waals surface area contributed by atoms with Gasteiger partial charge in [-0.05, 0) is 13.1 Å². The number of hydrogen-bond donors (Lipinski definition) is 1. The summed E-state index contributed by atoms with van der Waals surface area (Å²) in [6, 6.07) is 1.52. The van der Waals surface area contributed by atoms with E-state index in [2.05, 4.69) is 15.3 Å². The second-order valence-corrected chi connectivity index (χ2v) is 3.94. The van der Waals surface area contributed by atoms with Crippen LogP contribution in [0.25, 0.3) is 0 Å². The van der Waals surface area contributed by atoms with Crippen LogP contribution in [-0.4, -0.2) is 17.0 Å². The van der Waals surface area contributed by atoms with Gasteiger partial charge in [0.1, 0.15) is 5.82 Å². The van der Waals surface area contributed by atoms with Gasteiger partial charge in [-0.1, -0.05) is 0 Å². The largest absolute Gasteiger partial charge is 0.309 e. The van der Waals surface area contributed by atoms with E-state index >= 15 is 0 Å². The molecule has 3 nitrogen and oxygen atoms in total. The van der Waals surface area contributed by atoms with Gasteiger partial charge >= 0.3 is 0 Å². The van der Waals surface area contributed by atoms with Gasteiger partial charge in [-0.25, -0.2) is 4.39 Å². The maximum absolute atomic E-state index is 13.5. The predicted molar refractivity (Wildman–Crippen MR) is 57.2 cm³/mol. The van der Waals surface area contributed by atoms with Gasteiger partial charge in [-0.2, -0.15) is 0 Å². The minimum atomic E-state index is -0.301. The molecule has 0 bridgehead atoms. The van der Waals surface area contributed by atoms with E-state index in [1.54, 1.807) is 31.0 Å². The minimum Gasteiger partial charge on any atom is -0.309 e.